The third kappa shape index (κ3) is 3.67. The van der Waals surface area contributed by atoms with Gasteiger partial charge in [-0.3, -0.25) is 10.7 Å². The molecule has 1 atom stereocenters. The number of amidine groups is 1. The number of hydrogen-bond donors (Lipinski definition) is 2. The molecule has 2 aliphatic rings. The Bertz CT molecular complexity index is 893. The van der Waals surface area contributed by atoms with E-state index in [9.17, 15) is 0 Å². The van der Waals surface area contributed by atoms with Crippen molar-refractivity contribution in [2.24, 2.45) is 26.4 Å². The molecule has 0 bridgehead atoms. The number of nitrogens with two attached hydrogens (primary N) is 2. The normalized spacial score (nSPS) is 20.2. The van der Waals surface area contributed by atoms with Crippen molar-refractivity contribution in [2.75, 3.05) is 21.3 Å². The summed E-state index contributed by atoms with van der Waals surface area (Å²) in [6.07, 6.45) is 2.83. The van der Waals surface area contributed by atoms with Crippen LogP contribution in [0.1, 0.15) is 5.56 Å². The number of halogens is 1. The van der Waals surface area contributed by atoms with Crippen molar-refractivity contribution in [1.82, 2.24) is 0 Å². The van der Waals surface area contributed by atoms with E-state index in [4.69, 9.17) is 37.3 Å². The van der Waals surface area contributed by atoms with Gasteiger partial charge in [0.1, 0.15) is 5.84 Å². The van der Waals surface area contributed by atoms with Gasteiger partial charge in [-0.1, -0.05) is 11.6 Å². The third-order valence-corrected chi connectivity index (χ3v) is 4.44. The number of nitrogens with zero attached hydrogens (tertiary/aromatic N) is 3. The Balaban J connectivity index is 1.92. The molecule has 1 aliphatic heterocycles. The van der Waals surface area contributed by atoms with Gasteiger partial charge in [-0.25, -0.2) is 9.98 Å². The van der Waals surface area contributed by atoms with Gasteiger partial charge in [-0.2, -0.15) is 0 Å². The Morgan fingerprint density at radius 1 is 1.07 bits per heavy atom. The number of fused-ring (bicyclic) bond motifs is 1. The highest BCUT2D eigenvalue weighted by Crippen LogP contribution is 2.38. The second-order valence-electron chi connectivity index (χ2n) is 5.70. The second kappa shape index (κ2) is 7.81. The summed E-state index contributed by atoms with van der Waals surface area (Å²) < 4.78 is 16.1. The van der Waals surface area contributed by atoms with Gasteiger partial charge in [0.15, 0.2) is 17.8 Å². The number of methoxy groups -OCH3 is 3. The number of hydrogen-bond acceptors (Lipinski definition) is 8. The van der Waals surface area contributed by atoms with Gasteiger partial charge in [-0.15, -0.1) is 0 Å². The molecule has 0 aromatic heterocycles. The molecule has 1 aliphatic carbocycles. The van der Waals surface area contributed by atoms with Gasteiger partial charge in [0.05, 0.1) is 49.9 Å². The second-order valence-corrected chi connectivity index (χ2v) is 6.08. The lowest BCUT2D eigenvalue weighted by molar-refractivity contribution is 0.324. The van der Waals surface area contributed by atoms with Crippen molar-refractivity contribution in [3.63, 3.8) is 0 Å². The summed E-state index contributed by atoms with van der Waals surface area (Å²) >= 11 is 6.48. The molecule has 9 heteroatoms. The quantitative estimate of drug-likeness (QED) is 0.744. The van der Waals surface area contributed by atoms with Crippen molar-refractivity contribution in [3.8, 4) is 17.2 Å². The molecule has 0 spiro atoms. The molecule has 0 fully saturated rings. The van der Waals surface area contributed by atoms with Crippen molar-refractivity contribution < 1.29 is 14.2 Å². The lowest BCUT2D eigenvalue weighted by Crippen LogP contribution is -2.34. The zero-order valence-electron chi connectivity index (χ0n) is 15.2. The summed E-state index contributed by atoms with van der Waals surface area (Å²) in [5.74, 6) is 1.89. The fraction of sp³-hybridized carbons (Fsp3) is 0.278. The Hall–Kier alpha value is -2.84. The van der Waals surface area contributed by atoms with Crippen LogP contribution in [0.4, 0.5) is 0 Å². The molecular formula is C18H20ClN5O3. The predicted octanol–water partition coefficient (Wildman–Crippen LogP) is 1.77. The molecule has 27 heavy (non-hydrogen) atoms. The van der Waals surface area contributed by atoms with Crippen LogP contribution in [-0.2, 0) is 6.54 Å². The molecule has 1 unspecified atom stereocenters. The molecule has 8 nitrogen and oxygen atoms in total. The summed E-state index contributed by atoms with van der Waals surface area (Å²) in [7, 11) is 4.68. The third-order valence-electron chi connectivity index (χ3n) is 4.05. The van der Waals surface area contributed by atoms with Crippen LogP contribution in [-0.4, -0.2) is 44.9 Å². The molecule has 0 radical (unpaired) electrons. The van der Waals surface area contributed by atoms with Gasteiger partial charge < -0.3 is 19.9 Å². The van der Waals surface area contributed by atoms with Crippen molar-refractivity contribution in [1.29, 1.82) is 0 Å². The SMILES string of the molecule is COc1cc(CN=C2C=CC3=NC(N)N=C(N)C3=C2Cl)cc(OC)c1OC. The predicted molar refractivity (Wildman–Crippen MR) is 106 cm³/mol. The van der Waals surface area contributed by atoms with Crippen LogP contribution in [0, 0.1) is 0 Å². The molecule has 0 saturated carbocycles. The molecule has 0 amide bonds. The summed E-state index contributed by atoms with van der Waals surface area (Å²) in [5, 5.41) is 0.386. The van der Waals surface area contributed by atoms with Crippen LogP contribution in [0.15, 0.2) is 49.9 Å². The maximum atomic E-state index is 6.48. The molecule has 4 N–H and O–H groups in total. The molecule has 1 heterocycles. The fourth-order valence-electron chi connectivity index (χ4n) is 2.81. The number of rotatable bonds is 5. The van der Waals surface area contributed by atoms with E-state index in [1.165, 1.54) is 0 Å². The minimum atomic E-state index is -0.712. The van der Waals surface area contributed by atoms with Gasteiger partial charge in [0.25, 0.3) is 0 Å². The van der Waals surface area contributed by atoms with E-state index in [0.717, 1.165) is 5.56 Å². The summed E-state index contributed by atoms with van der Waals surface area (Å²) in [4.78, 5) is 12.8. The average molecular weight is 390 g/mol. The Labute approximate surface area is 161 Å². The van der Waals surface area contributed by atoms with E-state index in [1.54, 1.807) is 33.5 Å². The van der Waals surface area contributed by atoms with Gasteiger partial charge in [0, 0.05) is 0 Å². The Kier molecular flexibility index (Phi) is 5.48. The number of benzene rings is 1. The van der Waals surface area contributed by atoms with Crippen LogP contribution in [0.5, 0.6) is 17.2 Å². The first kappa shape index (κ1) is 18.9. The highest BCUT2D eigenvalue weighted by molar-refractivity contribution is 6.53. The lowest BCUT2D eigenvalue weighted by Gasteiger charge is -2.20. The van der Waals surface area contributed by atoms with E-state index < -0.39 is 6.29 Å². The van der Waals surface area contributed by atoms with Gasteiger partial charge >= 0.3 is 0 Å². The van der Waals surface area contributed by atoms with Crippen LogP contribution in [0.3, 0.4) is 0 Å². The van der Waals surface area contributed by atoms with E-state index in [1.807, 2.05) is 12.1 Å². The van der Waals surface area contributed by atoms with Crippen molar-refractivity contribution in [3.05, 3.63) is 40.5 Å². The van der Waals surface area contributed by atoms with Crippen LogP contribution in [0.25, 0.3) is 0 Å². The highest BCUT2D eigenvalue weighted by atomic mass is 35.5. The first-order valence-electron chi connectivity index (χ1n) is 8.07. The monoisotopic (exact) mass is 389 g/mol. The Morgan fingerprint density at radius 2 is 1.74 bits per heavy atom. The maximum Gasteiger partial charge on any atom is 0.203 e. The molecular weight excluding hydrogens is 370 g/mol. The summed E-state index contributed by atoms with van der Waals surface area (Å²) in [6, 6.07) is 3.67. The summed E-state index contributed by atoms with van der Waals surface area (Å²) in [6.45, 7) is 0.350. The van der Waals surface area contributed by atoms with E-state index in [0.29, 0.717) is 45.8 Å². The summed E-state index contributed by atoms with van der Waals surface area (Å²) in [5.41, 5.74) is 14.3. The maximum absolute atomic E-state index is 6.48. The molecule has 0 saturated heterocycles. The number of ether oxygens (including phenoxy) is 3. The number of allylic oxidation sites excluding steroid dienone is 3. The molecule has 142 valence electrons. The van der Waals surface area contributed by atoms with Gasteiger partial charge in [0.2, 0.25) is 5.75 Å². The fourth-order valence-corrected chi connectivity index (χ4v) is 3.13. The van der Waals surface area contributed by atoms with Crippen molar-refractivity contribution in [2.45, 2.75) is 12.8 Å². The van der Waals surface area contributed by atoms with E-state index >= 15 is 0 Å². The zero-order valence-corrected chi connectivity index (χ0v) is 15.9. The minimum absolute atomic E-state index is 0.252. The first-order chi connectivity index (χ1) is 13.0. The average Bonchev–Trinajstić information content (AvgIpc) is 2.65. The topological polar surface area (TPSA) is 117 Å². The number of aliphatic imine (C=N–C) groups is 3. The molecule has 3 rings (SSSR count). The van der Waals surface area contributed by atoms with Crippen molar-refractivity contribution >= 4 is 28.9 Å². The van der Waals surface area contributed by atoms with E-state index in [-0.39, 0.29) is 5.84 Å². The van der Waals surface area contributed by atoms with Crippen LogP contribution < -0.4 is 25.7 Å². The zero-order chi connectivity index (χ0) is 19.6. The van der Waals surface area contributed by atoms with Crippen LogP contribution >= 0.6 is 11.6 Å². The standard InChI is InChI=1S/C18H20ClN5O3/c1-25-12-6-9(7-13(26-2)16(12)27-3)8-22-11-5-4-10-14(15(11)19)17(20)24-18(21)23-10/h4-7,18H,8,21H2,1-3H3,(H2,20,24). The largest absolute Gasteiger partial charge is 0.493 e. The smallest absolute Gasteiger partial charge is 0.203 e. The minimum Gasteiger partial charge on any atom is -0.493 e. The van der Waals surface area contributed by atoms with Crippen LogP contribution in [0.2, 0.25) is 0 Å². The first-order valence-corrected chi connectivity index (χ1v) is 8.45. The Morgan fingerprint density at radius 3 is 2.33 bits per heavy atom. The van der Waals surface area contributed by atoms with Gasteiger partial charge in [-0.05, 0) is 29.8 Å². The van der Waals surface area contributed by atoms with E-state index in [2.05, 4.69) is 15.0 Å². The molecule has 1 aromatic rings. The lowest BCUT2D eigenvalue weighted by atomic mass is 10.00. The highest BCUT2D eigenvalue weighted by Gasteiger charge is 2.25. The molecule has 1 aromatic carbocycles.